The molecule has 2 aliphatic rings. The molecule has 0 radical (unpaired) electrons. The standard InChI is InChI=1S/C31H48N2O4/c1-21(2)37-26(34)20-22-11-13-23(14-12-22)25(16-18-29(3,4)5)33-28(36)27(35)32-31(33)17-9-10-24(15-19-31)30(6,7)8/h11-14,21,24-25H,9-10,15-20H2,1-8H3,(H,32,35). The van der Waals surface area contributed by atoms with Crippen LogP contribution in [-0.4, -0.2) is 34.5 Å². The third-order valence-corrected chi connectivity index (χ3v) is 8.05. The lowest BCUT2D eigenvalue weighted by molar-refractivity contribution is -0.146. The molecule has 1 heterocycles. The molecule has 3 unspecified atom stereocenters. The van der Waals surface area contributed by atoms with Gasteiger partial charge in [0.2, 0.25) is 0 Å². The van der Waals surface area contributed by atoms with E-state index in [1.807, 2.05) is 43.0 Å². The maximum atomic E-state index is 13.5. The number of hydrogen-bond donors (Lipinski definition) is 1. The summed E-state index contributed by atoms with van der Waals surface area (Å²) >= 11 is 0. The van der Waals surface area contributed by atoms with Gasteiger partial charge in [-0.3, -0.25) is 14.4 Å². The Labute approximate surface area is 223 Å². The summed E-state index contributed by atoms with van der Waals surface area (Å²) in [4.78, 5) is 40.4. The maximum Gasteiger partial charge on any atom is 0.314 e. The minimum atomic E-state index is -0.642. The highest BCUT2D eigenvalue weighted by atomic mass is 16.5. The van der Waals surface area contributed by atoms with Crippen molar-refractivity contribution < 1.29 is 19.1 Å². The van der Waals surface area contributed by atoms with Gasteiger partial charge in [-0.2, -0.15) is 0 Å². The third-order valence-electron chi connectivity index (χ3n) is 8.05. The Hall–Kier alpha value is -2.37. The fourth-order valence-corrected chi connectivity index (χ4v) is 5.97. The van der Waals surface area contributed by atoms with E-state index in [4.69, 9.17) is 4.74 Å². The van der Waals surface area contributed by atoms with Gasteiger partial charge in [-0.05, 0) is 86.7 Å². The molecular weight excluding hydrogens is 464 g/mol. The number of nitrogens with one attached hydrogen (secondary N) is 1. The molecule has 1 saturated heterocycles. The van der Waals surface area contributed by atoms with Crippen molar-refractivity contribution in [2.75, 3.05) is 0 Å². The summed E-state index contributed by atoms with van der Waals surface area (Å²) in [5.41, 5.74) is 1.53. The summed E-state index contributed by atoms with van der Waals surface area (Å²) in [6.45, 7) is 17.2. The highest BCUT2D eigenvalue weighted by Crippen LogP contribution is 2.46. The van der Waals surface area contributed by atoms with Gasteiger partial charge in [-0.25, -0.2) is 0 Å². The first kappa shape index (κ1) is 29.2. The zero-order chi connectivity index (χ0) is 27.6. The highest BCUT2D eigenvalue weighted by molar-refractivity contribution is 6.37. The van der Waals surface area contributed by atoms with E-state index >= 15 is 0 Å². The van der Waals surface area contributed by atoms with Crippen molar-refractivity contribution in [3.05, 3.63) is 35.4 Å². The van der Waals surface area contributed by atoms with Gasteiger partial charge in [-0.1, -0.05) is 65.8 Å². The van der Waals surface area contributed by atoms with E-state index in [1.165, 1.54) is 0 Å². The van der Waals surface area contributed by atoms with Crippen LogP contribution >= 0.6 is 0 Å². The SMILES string of the molecule is CC(C)OC(=O)Cc1ccc(C(CCC(C)(C)C)N2C(=O)C(=O)NC23CCCC(C(C)(C)C)CC3)cc1. The fraction of sp³-hybridized carbons (Fsp3) is 0.710. The van der Waals surface area contributed by atoms with Crippen LogP contribution in [0.5, 0.6) is 0 Å². The summed E-state index contributed by atoms with van der Waals surface area (Å²) in [5.74, 6) is -0.595. The number of nitrogens with zero attached hydrogens (tertiary/aromatic N) is 1. The quantitative estimate of drug-likeness (QED) is 0.342. The number of hydrogen-bond acceptors (Lipinski definition) is 4. The third kappa shape index (κ3) is 7.36. The summed E-state index contributed by atoms with van der Waals surface area (Å²) in [7, 11) is 0. The Morgan fingerprint density at radius 2 is 1.70 bits per heavy atom. The molecule has 1 spiro atoms. The molecule has 0 aromatic heterocycles. The van der Waals surface area contributed by atoms with Crippen molar-refractivity contribution in [3.63, 3.8) is 0 Å². The first-order valence-electron chi connectivity index (χ1n) is 14.1. The Balaban J connectivity index is 1.94. The van der Waals surface area contributed by atoms with E-state index in [0.717, 1.165) is 56.1 Å². The molecule has 3 atom stereocenters. The molecule has 1 aliphatic heterocycles. The summed E-state index contributed by atoms with van der Waals surface area (Å²) in [6.07, 6.45) is 6.38. The highest BCUT2D eigenvalue weighted by Gasteiger charge is 2.53. The molecule has 3 rings (SSSR count). The normalized spacial score (nSPS) is 23.8. The van der Waals surface area contributed by atoms with Crippen molar-refractivity contribution in [1.82, 2.24) is 10.2 Å². The summed E-state index contributed by atoms with van der Waals surface area (Å²) in [5, 5.41) is 3.16. The van der Waals surface area contributed by atoms with E-state index in [1.54, 1.807) is 0 Å². The van der Waals surface area contributed by atoms with E-state index in [2.05, 4.69) is 46.9 Å². The Morgan fingerprint density at radius 3 is 2.27 bits per heavy atom. The van der Waals surface area contributed by atoms with Crippen LogP contribution in [0.1, 0.15) is 118 Å². The van der Waals surface area contributed by atoms with Crippen LogP contribution in [0.15, 0.2) is 24.3 Å². The zero-order valence-electron chi connectivity index (χ0n) is 24.3. The lowest BCUT2D eigenvalue weighted by Gasteiger charge is -2.43. The molecule has 6 heteroatoms. The minimum Gasteiger partial charge on any atom is -0.463 e. The molecule has 0 bridgehead atoms. The Kier molecular flexibility index (Phi) is 8.81. The van der Waals surface area contributed by atoms with Crippen LogP contribution < -0.4 is 5.32 Å². The number of carbonyl (C=O) groups is 3. The zero-order valence-corrected chi connectivity index (χ0v) is 24.3. The average Bonchev–Trinajstić information content (AvgIpc) is 2.90. The molecule has 2 amide bonds. The lowest BCUT2D eigenvalue weighted by atomic mass is 9.76. The molecule has 1 aromatic rings. The van der Waals surface area contributed by atoms with Crippen LogP contribution in [0.25, 0.3) is 0 Å². The van der Waals surface area contributed by atoms with Crippen molar-refractivity contribution >= 4 is 17.8 Å². The van der Waals surface area contributed by atoms with Crippen molar-refractivity contribution in [1.29, 1.82) is 0 Å². The van der Waals surface area contributed by atoms with Crippen LogP contribution in [0.2, 0.25) is 0 Å². The molecule has 1 saturated carbocycles. The van der Waals surface area contributed by atoms with Crippen molar-refractivity contribution in [2.45, 2.75) is 125 Å². The minimum absolute atomic E-state index is 0.0902. The molecule has 1 N–H and O–H groups in total. The van der Waals surface area contributed by atoms with Gasteiger partial charge in [0.1, 0.15) is 5.66 Å². The van der Waals surface area contributed by atoms with Crippen LogP contribution in [0, 0.1) is 16.7 Å². The van der Waals surface area contributed by atoms with Gasteiger partial charge in [0.25, 0.3) is 0 Å². The number of ether oxygens (including phenoxy) is 1. The number of esters is 1. The Morgan fingerprint density at radius 1 is 1.05 bits per heavy atom. The summed E-state index contributed by atoms with van der Waals surface area (Å²) < 4.78 is 5.30. The monoisotopic (exact) mass is 512 g/mol. The number of amides is 2. The van der Waals surface area contributed by atoms with E-state index in [-0.39, 0.29) is 35.4 Å². The number of carbonyl (C=O) groups excluding carboxylic acids is 3. The molecule has 6 nitrogen and oxygen atoms in total. The van der Waals surface area contributed by atoms with Gasteiger partial charge in [-0.15, -0.1) is 0 Å². The van der Waals surface area contributed by atoms with Gasteiger partial charge in [0.15, 0.2) is 0 Å². The molecule has 1 aliphatic carbocycles. The molecule has 2 fully saturated rings. The van der Waals surface area contributed by atoms with Crippen molar-refractivity contribution in [2.24, 2.45) is 16.7 Å². The van der Waals surface area contributed by atoms with Crippen LogP contribution in [-0.2, 0) is 25.5 Å². The van der Waals surface area contributed by atoms with Crippen LogP contribution in [0.3, 0.4) is 0 Å². The Bertz CT molecular complexity index is 970. The first-order chi connectivity index (χ1) is 17.1. The molecule has 206 valence electrons. The predicted molar refractivity (Wildman–Crippen MR) is 147 cm³/mol. The van der Waals surface area contributed by atoms with Gasteiger partial charge < -0.3 is 15.0 Å². The van der Waals surface area contributed by atoms with Gasteiger partial charge in [0.05, 0.1) is 18.6 Å². The predicted octanol–water partition coefficient (Wildman–Crippen LogP) is 6.33. The largest absolute Gasteiger partial charge is 0.463 e. The maximum absolute atomic E-state index is 13.5. The van der Waals surface area contributed by atoms with Crippen molar-refractivity contribution in [3.8, 4) is 0 Å². The van der Waals surface area contributed by atoms with Crippen LogP contribution in [0.4, 0.5) is 0 Å². The smallest absolute Gasteiger partial charge is 0.314 e. The molecular formula is C31H48N2O4. The molecule has 1 aromatic carbocycles. The van der Waals surface area contributed by atoms with Gasteiger partial charge in [0, 0.05) is 0 Å². The second kappa shape index (κ2) is 11.2. The summed E-state index contributed by atoms with van der Waals surface area (Å²) in [6, 6.07) is 7.72. The average molecular weight is 513 g/mol. The second-order valence-corrected chi connectivity index (χ2v) is 13.7. The second-order valence-electron chi connectivity index (χ2n) is 13.7. The number of benzene rings is 1. The lowest BCUT2D eigenvalue weighted by Crippen LogP contribution is -2.53. The topological polar surface area (TPSA) is 75.7 Å². The van der Waals surface area contributed by atoms with E-state index in [9.17, 15) is 14.4 Å². The first-order valence-corrected chi connectivity index (χ1v) is 14.1. The van der Waals surface area contributed by atoms with E-state index in [0.29, 0.717) is 5.92 Å². The van der Waals surface area contributed by atoms with E-state index < -0.39 is 17.5 Å². The fourth-order valence-electron chi connectivity index (χ4n) is 5.97. The number of rotatable bonds is 7. The molecule has 37 heavy (non-hydrogen) atoms. The van der Waals surface area contributed by atoms with Gasteiger partial charge >= 0.3 is 17.8 Å².